The van der Waals surface area contributed by atoms with E-state index in [0.717, 1.165) is 12.3 Å². The van der Waals surface area contributed by atoms with E-state index in [4.69, 9.17) is 4.74 Å². The fourth-order valence-corrected chi connectivity index (χ4v) is 3.25. The number of rotatable bonds is 3. The van der Waals surface area contributed by atoms with Gasteiger partial charge < -0.3 is 10.1 Å². The standard InChI is InChI=1S/C12H17NOS/c1-13-8-9-5-6-15-12-7-10(14-2)3-4-11(9)12/h3-4,7,9,13H,5-6,8H2,1-2H3. The quantitative estimate of drug-likeness (QED) is 0.850. The molecular weight excluding hydrogens is 206 g/mol. The number of ether oxygens (including phenoxy) is 1. The second kappa shape index (κ2) is 4.90. The Morgan fingerprint density at radius 3 is 3.13 bits per heavy atom. The third-order valence-electron chi connectivity index (χ3n) is 2.83. The summed E-state index contributed by atoms with van der Waals surface area (Å²) < 4.78 is 5.25. The molecule has 3 heteroatoms. The second-order valence-corrected chi connectivity index (χ2v) is 4.93. The summed E-state index contributed by atoms with van der Waals surface area (Å²) in [5.41, 5.74) is 1.47. The van der Waals surface area contributed by atoms with Gasteiger partial charge in [0.15, 0.2) is 0 Å². The summed E-state index contributed by atoms with van der Waals surface area (Å²) in [7, 11) is 3.74. The first-order valence-electron chi connectivity index (χ1n) is 5.30. The molecule has 0 saturated heterocycles. The maximum absolute atomic E-state index is 5.25. The highest BCUT2D eigenvalue weighted by molar-refractivity contribution is 7.99. The molecule has 2 rings (SSSR count). The van der Waals surface area contributed by atoms with Crippen molar-refractivity contribution in [3.63, 3.8) is 0 Å². The zero-order valence-electron chi connectivity index (χ0n) is 9.25. The predicted octanol–water partition coefficient (Wildman–Crippen LogP) is 2.49. The van der Waals surface area contributed by atoms with E-state index in [1.54, 1.807) is 7.11 Å². The van der Waals surface area contributed by atoms with Crippen LogP contribution in [0.3, 0.4) is 0 Å². The van der Waals surface area contributed by atoms with Gasteiger partial charge in [-0.25, -0.2) is 0 Å². The Hall–Kier alpha value is -0.670. The van der Waals surface area contributed by atoms with Crippen LogP contribution in [0.2, 0.25) is 0 Å². The Bertz CT molecular complexity index is 340. The molecule has 1 aliphatic heterocycles. The summed E-state index contributed by atoms with van der Waals surface area (Å²) in [6, 6.07) is 6.43. The fourth-order valence-electron chi connectivity index (χ4n) is 2.03. The second-order valence-electron chi connectivity index (χ2n) is 3.80. The monoisotopic (exact) mass is 223 g/mol. The first kappa shape index (κ1) is 10.8. The molecule has 0 aliphatic carbocycles. The number of hydrogen-bond donors (Lipinski definition) is 1. The lowest BCUT2D eigenvalue weighted by Gasteiger charge is -2.25. The minimum atomic E-state index is 0.664. The van der Waals surface area contributed by atoms with Gasteiger partial charge in [0.25, 0.3) is 0 Å². The normalized spacial score (nSPS) is 19.7. The van der Waals surface area contributed by atoms with Gasteiger partial charge in [-0.2, -0.15) is 0 Å². The Morgan fingerprint density at radius 1 is 1.53 bits per heavy atom. The van der Waals surface area contributed by atoms with E-state index in [-0.39, 0.29) is 0 Å². The predicted molar refractivity (Wildman–Crippen MR) is 65.0 cm³/mol. The Kier molecular flexibility index (Phi) is 3.54. The Labute approximate surface area is 95.4 Å². The number of hydrogen-bond acceptors (Lipinski definition) is 3. The molecule has 1 aromatic carbocycles. The van der Waals surface area contributed by atoms with Gasteiger partial charge in [0.1, 0.15) is 5.75 Å². The van der Waals surface area contributed by atoms with Crippen LogP contribution >= 0.6 is 11.8 Å². The molecule has 1 aliphatic rings. The summed E-state index contributed by atoms with van der Waals surface area (Å²) in [6.45, 7) is 1.07. The zero-order valence-corrected chi connectivity index (χ0v) is 10.1. The van der Waals surface area contributed by atoms with Gasteiger partial charge in [-0.1, -0.05) is 6.07 Å². The van der Waals surface area contributed by atoms with Crippen LogP contribution in [0.1, 0.15) is 17.9 Å². The lowest BCUT2D eigenvalue weighted by atomic mass is 9.96. The molecule has 0 spiro atoms. The van der Waals surface area contributed by atoms with Gasteiger partial charge >= 0.3 is 0 Å². The number of likely N-dealkylation sites (N-methyl/N-ethyl adjacent to an activating group) is 1. The molecule has 0 radical (unpaired) electrons. The van der Waals surface area contributed by atoms with Crippen molar-refractivity contribution in [2.24, 2.45) is 0 Å². The maximum Gasteiger partial charge on any atom is 0.119 e. The number of nitrogens with one attached hydrogen (secondary N) is 1. The molecule has 2 nitrogen and oxygen atoms in total. The van der Waals surface area contributed by atoms with Gasteiger partial charge in [0, 0.05) is 11.4 Å². The topological polar surface area (TPSA) is 21.3 Å². The Balaban J connectivity index is 2.28. The lowest BCUT2D eigenvalue weighted by Crippen LogP contribution is -2.20. The van der Waals surface area contributed by atoms with Crippen molar-refractivity contribution < 1.29 is 4.74 Å². The molecule has 1 unspecified atom stereocenters. The molecule has 82 valence electrons. The number of benzene rings is 1. The van der Waals surface area contributed by atoms with E-state index in [9.17, 15) is 0 Å². The summed E-state index contributed by atoms with van der Waals surface area (Å²) >= 11 is 1.94. The highest BCUT2D eigenvalue weighted by atomic mass is 32.2. The van der Waals surface area contributed by atoms with Crippen molar-refractivity contribution in [3.8, 4) is 5.75 Å². The van der Waals surface area contributed by atoms with Crippen molar-refractivity contribution in [1.29, 1.82) is 0 Å². The van der Waals surface area contributed by atoms with Crippen molar-refractivity contribution in [2.75, 3.05) is 26.5 Å². The van der Waals surface area contributed by atoms with E-state index in [2.05, 4.69) is 23.5 Å². The molecular formula is C12H17NOS. The summed E-state index contributed by atoms with van der Waals surface area (Å²) in [4.78, 5) is 1.39. The molecule has 1 aromatic rings. The third-order valence-corrected chi connectivity index (χ3v) is 3.94. The van der Waals surface area contributed by atoms with Gasteiger partial charge in [-0.15, -0.1) is 11.8 Å². The largest absolute Gasteiger partial charge is 0.497 e. The van der Waals surface area contributed by atoms with Gasteiger partial charge in [-0.3, -0.25) is 0 Å². The van der Waals surface area contributed by atoms with Crippen LogP contribution in [0.15, 0.2) is 23.1 Å². The van der Waals surface area contributed by atoms with Crippen molar-refractivity contribution in [1.82, 2.24) is 5.32 Å². The van der Waals surface area contributed by atoms with E-state index in [0.29, 0.717) is 5.92 Å². The molecule has 0 aromatic heterocycles. The summed E-state index contributed by atoms with van der Waals surface area (Å²) in [5, 5.41) is 3.27. The zero-order chi connectivity index (χ0) is 10.7. The molecule has 1 atom stereocenters. The van der Waals surface area contributed by atoms with Crippen LogP contribution in [-0.2, 0) is 0 Å². The molecule has 0 bridgehead atoms. The molecule has 1 N–H and O–H groups in total. The van der Waals surface area contributed by atoms with Crippen LogP contribution in [0.5, 0.6) is 5.75 Å². The van der Waals surface area contributed by atoms with Crippen molar-refractivity contribution in [3.05, 3.63) is 23.8 Å². The average molecular weight is 223 g/mol. The fraction of sp³-hybridized carbons (Fsp3) is 0.500. The smallest absolute Gasteiger partial charge is 0.119 e. The third kappa shape index (κ3) is 2.29. The van der Waals surface area contributed by atoms with Gasteiger partial charge in [0.05, 0.1) is 7.11 Å². The van der Waals surface area contributed by atoms with E-state index < -0.39 is 0 Å². The average Bonchev–Trinajstić information content (AvgIpc) is 2.29. The number of methoxy groups -OCH3 is 1. The lowest BCUT2D eigenvalue weighted by molar-refractivity contribution is 0.413. The highest BCUT2D eigenvalue weighted by Crippen LogP contribution is 2.38. The molecule has 15 heavy (non-hydrogen) atoms. The van der Waals surface area contributed by atoms with Crippen LogP contribution in [0.4, 0.5) is 0 Å². The molecule has 0 amide bonds. The summed E-state index contributed by atoms with van der Waals surface area (Å²) in [5.74, 6) is 2.84. The van der Waals surface area contributed by atoms with Crippen LogP contribution in [-0.4, -0.2) is 26.5 Å². The van der Waals surface area contributed by atoms with Gasteiger partial charge in [0.2, 0.25) is 0 Å². The first-order chi connectivity index (χ1) is 7.35. The van der Waals surface area contributed by atoms with Crippen LogP contribution < -0.4 is 10.1 Å². The van der Waals surface area contributed by atoms with E-state index in [1.165, 1.54) is 22.6 Å². The molecule has 0 fully saturated rings. The Morgan fingerprint density at radius 2 is 2.40 bits per heavy atom. The van der Waals surface area contributed by atoms with E-state index >= 15 is 0 Å². The molecule has 0 saturated carbocycles. The number of fused-ring (bicyclic) bond motifs is 1. The minimum Gasteiger partial charge on any atom is -0.497 e. The highest BCUT2D eigenvalue weighted by Gasteiger charge is 2.20. The van der Waals surface area contributed by atoms with Crippen LogP contribution in [0.25, 0.3) is 0 Å². The maximum atomic E-state index is 5.25. The van der Waals surface area contributed by atoms with Crippen molar-refractivity contribution >= 4 is 11.8 Å². The van der Waals surface area contributed by atoms with E-state index in [1.807, 2.05) is 18.8 Å². The number of thioether (sulfide) groups is 1. The van der Waals surface area contributed by atoms with Gasteiger partial charge in [-0.05, 0) is 42.8 Å². The first-order valence-corrected chi connectivity index (χ1v) is 6.29. The minimum absolute atomic E-state index is 0.664. The van der Waals surface area contributed by atoms with Crippen molar-refractivity contribution in [2.45, 2.75) is 17.2 Å². The SMILES string of the molecule is CNCC1CCSc2cc(OC)ccc21. The van der Waals surface area contributed by atoms with Crippen LogP contribution in [0, 0.1) is 0 Å². The summed E-state index contributed by atoms with van der Waals surface area (Å²) in [6.07, 6.45) is 1.27. The molecule has 1 heterocycles.